The fourth-order valence-electron chi connectivity index (χ4n) is 4.15. The molecule has 10 heteroatoms. The molecule has 0 saturated carbocycles. The van der Waals surface area contributed by atoms with Gasteiger partial charge in [-0.15, -0.1) is 0 Å². The number of aromatic nitrogens is 4. The van der Waals surface area contributed by atoms with Crippen LogP contribution in [0.15, 0.2) is 6.33 Å². The molecule has 0 spiro atoms. The van der Waals surface area contributed by atoms with Crippen molar-refractivity contribution in [3.63, 3.8) is 0 Å². The number of fused-ring (bicyclic) bond motifs is 1. The first kappa shape index (κ1) is 18.9. The van der Waals surface area contributed by atoms with E-state index in [4.69, 9.17) is 16.3 Å². The molecule has 0 aromatic carbocycles. The Morgan fingerprint density at radius 2 is 1.96 bits per heavy atom. The Morgan fingerprint density at radius 3 is 2.71 bits per heavy atom. The van der Waals surface area contributed by atoms with Crippen LogP contribution in [-0.2, 0) is 14.3 Å². The van der Waals surface area contributed by atoms with Crippen molar-refractivity contribution in [1.82, 2.24) is 24.8 Å². The van der Waals surface area contributed by atoms with Crippen LogP contribution in [0.3, 0.4) is 0 Å². The number of carbonyl (C=O) groups excluding carboxylic acids is 2. The van der Waals surface area contributed by atoms with Crippen LogP contribution in [0.4, 0.5) is 5.82 Å². The van der Waals surface area contributed by atoms with Gasteiger partial charge in [0.25, 0.3) is 0 Å². The Balaban J connectivity index is 1.44. The molecule has 1 amide bonds. The van der Waals surface area contributed by atoms with Crippen molar-refractivity contribution in [3.8, 4) is 0 Å². The van der Waals surface area contributed by atoms with Gasteiger partial charge >= 0.3 is 5.97 Å². The molecule has 2 aromatic rings. The Hall–Kier alpha value is -2.42. The van der Waals surface area contributed by atoms with Gasteiger partial charge in [-0.05, 0) is 37.3 Å². The molecule has 9 nitrogen and oxygen atoms in total. The SMILES string of the molecule is COC(=O)C1CCN(C(=O)C2CCCN(c3nc(Cl)nc4nc[nH]c34)C2)CC1. The summed E-state index contributed by atoms with van der Waals surface area (Å²) in [5, 5.41) is 0.146. The maximum Gasteiger partial charge on any atom is 0.308 e. The van der Waals surface area contributed by atoms with E-state index < -0.39 is 0 Å². The summed E-state index contributed by atoms with van der Waals surface area (Å²) in [6.07, 6.45) is 4.62. The third kappa shape index (κ3) is 3.63. The molecular weight excluding hydrogens is 384 g/mol. The number of rotatable bonds is 3. The zero-order chi connectivity index (χ0) is 19.7. The van der Waals surface area contributed by atoms with Crippen LogP contribution in [-0.4, -0.2) is 70.0 Å². The van der Waals surface area contributed by atoms with E-state index in [0.717, 1.165) is 24.9 Å². The second kappa shape index (κ2) is 7.90. The van der Waals surface area contributed by atoms with E-state index in [1.165, 1.54) is 7.11 Å². The first-order chi connectivity index (χ1) is 13.6. The van der Waals surface area contributed by atoms with Crippen molar-refractivity contribution < 1.29 is 14.3 Å². The number of aromatic amines is 1. The number of carbonyl (C=O) groups is 2. The molecule has 1 atom stereocenters. The van der Waals surface area contributed by atoms with Gasteiger partial charge in [-0.1, -0.05) is 0 Å². The number of imidazole rings is 1. The van der Waals surface area contributed by atoms with Gasteiger partial charge < -0.3 is 19.5 Å². The minimum Gasteiger partial charge on any atom is -0.469 e. The van der Waals surface area contributed by atoms with Gasteiger partial charge in [0.2, 0.25) is 11.2 Å². The molecule has 0 radical (unpaired) electrons. The van der Waals surface area contributed by atoms with Crippen LogP contribution in [0.5, 0.6) is 0 Å². The number of methoxy groups -OCH3 is 1. The summed E-state index contributed by atoms with van der Waals surface area (Å²) >= 11 is 6.06. The number of halogens is 1. The summed E-state index contributed by atoms with van der Waals surface area (Å²) in [6, 6.07) is 0. The van der Waals surface area contributed by atoms with Gasteiger partial charge in [-0.2, -0.15) is 9.97 Å². The largest absolute Gasteiger partial charge is 0.469 e. The number of hydrogen-bond donors (Lipinski definition) is 1. The summed E-state index contributed by atoms with van der Waals surface area (Å²) in [7, 11) is 1.41. The van der Waals surface area contributed by atoms with E-state index in [0.29, 0.717) is 43.9 Å². The number of H-pyrrole nitrogens is 1. The fraction of sp³-hybridized carbons (Fsp3) is 0.611. The van der Waals surface area contributed by atoms with Crippen LogP contribution in [0.25, 0.3) is 11.2 Å². The first-order valence-corrected chi connectivity index (χ1v) is 9.92. The smallest absolute Gasteiger partial charge is 0.308 e. The molecular formula is C18H23ClN6O3. The molecule has 0 aliphatic carbocycles. The van der Waals surface area contributed by atoms with Gasteiger partial charge in [-0.3, -0.25) is 9.59 Å². The third-order valence-electron chi connectivity index (χ3n) is 5.65. The lowest BCUT2D eigenvalue weighted by Crippen LogP contribution is -2.48. The average molecular weight is 407 g/mol. The highest BCUT2D eigenvalue weighted by molar-refractivity contribution is 6.28. The van der Waals surface area contributed by atoms with Crippen molar-refractivity contribution in [1.29, 1.82) is 0 Å². The first-order valence-electron chi connectivity index (χ1n) is 9.55. The minimum atomic E-state index is -0.180. The number of nitrogens with one attached hydrogen (secondary N) is 1. The number of nitrogens with zero attached hydrogens (tertiary/aromatic N) is 5. The van der Waals surface area contributed by atoms with Gasteiger partial charge in [0.1, 0.15) is 5.52 Å². The molecule has 0 bridgehead atoms. The highest BCUT2D eigenvalue weighted by Gasteiger charge is 2.34. The average Bonchev–Trinajstić information content (AvgIpc) is 3.20. The Labute approximate surface area is 167 Å². The molecule has 1 unspecified atom stereocenters. The third-order valence-corrected chi connectivity index (χ3v) is 5.82. The summed E-state index contributed by atoms with van der Waals surface area (Å²) in [4.78, 5) is 44.4. The number of hydrogen-bond acceptors (Lipinski definition) is 7. The van der Waals surface area contributed by atoms with E-state index in [9.17, 15) is 9.59 Å². The zero-order valence-corrected chi connectivity index (χ0v) is 16.5. The topological polar surface area (TPSA) is 104 Å². The molecule has 4 rings (SSSR count). The fourth-order valence-corrected chi connectivity index (χ4v) is 4.31. The Bertz CT molecular complexity index is 879. The zero-order valence-electron chi connectivity index (χ0n) is 15.7. The highest BCUT2D eigenvalue weighted by Crippen LogP contribution is 2.29. The second-order valence-electron chi connectivity index (χ2n) is 7.33. The Kier molecular flexibility index (Phi) is 5.34. The molecule has 28 heavy (non-hydrogen) atoms. The van der Waals surface area contributed by atoms with Crippen LogP contribution < -0.4 is 4.90 Å². The van der Waals surface area contributed by atoms with Crippen LogP contribution in [0.1, 0.15) is 25.7 Å². The van der Waals surface area contributed by atoms with Gasteiger partial charge in [0.15, 0.2) is 11.5 Å². The van der Waals surface area contributed by atoms with Crippen molar-refractivity contribution in [2.24, 2.45) is 11.8 Å². The number of esters is 1. The van der Waals surface area contributed by atoms with Crippen LogP contribution in [0.2, 0.25) is 5.28 Å². The van der Waals surface area contributed by atoms with Crippen molar-refractivity contribution >= 4 is 40.5 Å². The maximum absolute atomic E-state index is 13.1. The summed E-state index contributed by atoms with van der Waals surface area (Å²) in [5.74, 6) is 0.451. The second-order valence-corrected chi connectivity index (χ2v) is 7.66. The summed E-state index contributed by atoms with van der Waals surface area (Å²) in [6.45, 7) is 2.57. The van der Waals surface area contributed by atoms with Gasteiger partial charge in [0, 0.05) is 26.2 Å². The predicted octanol–water partition coefficient (Wildman–Crippen LogP) is 1.63. The summed E-state index contributed by atoms with van der Waals surface area (Å²) in [5.41, 5.74) is 1.25. The minimum absolute atomic E-state index is 0.102. The molecule has 2 aliphatic heterocycles. The predicted molar refractivity (Wildman–Crippen MR) is 103 cm³/mol. The molecule has 150 valence electrons. The summed E-state index contributed by atoms with van der Waals surface area (Å²) < 4.78 is 4.82. The number of likely N-dealkylation sites (tertiary alicyclic amines) is 1. The lowest BCUT2D eigenvalue weighted by molar-refractivity contribution is -0.149. The van der Waals surface area contributed by atoms with Gasteiger partial charge in [-0.25, -0.2) is 4.98 Å². The number of piperidine rings is 2. The van der Waals surface area contributed by atoms with E-state index in [2.05, 4.69) is 24.8 Å². The molecule has 1 N–H and O–H groups in total. The molecule has 2 fully saturated rings. The normalized spacial score (nSPS) is 21.1. The van der Waals surface area contributed by atoms with Crippen molar-refractivity contribution in [3.05, 3.63) is 11.6 Å². The van der Waals surface area contributed by atoms with Crippen molar-refractivity contribution in [2.45, 2.75) is 25.7 Å². The number of anilines is 1. The number of ether oxygens (including phenoxy) is 1. The highest BCUT2D eigenvalue weighted by atomic mass is 35.5. The quantitative estimate of drug-likeness (QED) is 0.610. The van der Waals surface area contributed by atoms with Crippen LogP contribution >= 0.6 is 11.6 Å². The lowest BCUT2D eigenvalue weighted by Gasteiger charge is -2.37. The van der Waals surface area contributed by atoms with E-state index >= 15 is 0 Å². The molecule has 2 aromatic heterocycles. The van der Waals surface area contributed by atoms with Crippen LogP contribution in [0, 0.1) is 11.8 Å². The molecule has 2 aliphatic rings. The van der Waals surface area contributed by atoms with Crippen molar-refractivity contribution in [2.75, 3.05) is 38.2 Å². The van der Waals surface area contributed by atoms with E-state index in [1.54, 1.807) is 6.33 Å². The van der Waals surface area contributed by atoms with Gasteiger partial charge in [0.05, 0.1) is 25.3 Å². The molecule has 4 heterocycles. The monoisotopic (exact) mass is 406 g/mol. The van der Waals surface area contributed by atoms with E-state index in [1.807, 2.05) is 4.90 Å². The maximum atomic E-state index is 13.1. The number of amides is 1. The molecule has 2 saturated heterocycles. The Morgan fingerprint density at radius 1 is 1.18 bits per heavy atom. The standard InChI is InChI=1S/C18H23ClN6O3/c1-28-17(27)11-4-7-24(8-5-11)16(26)12-3-2-6-25(9-12)15-13-14(21-10-20-13)22-18(19)23-15/h10-12H,2-9H2,1H3,(H,20,21,22,23). The van der Waals surface area contributed by atoms with E-state index in [-0.39, 0.29) is 29.0 Å². The lowest BCUT2D eigenvalue weighted by atomic mass is 9.93.